The summed E-state index contributed by atoms with van der Waals surface area (Å²) in [6, 6.07) is 7.78. The molecule has 118 valence electrons. The van der Waals surface area contributed by atoms with Gasteiger partial charge in [-0.2, -0.15) is 0 Å². The third-order valence-corrected chi connectivity index (χ3v) is 4.38. The Labute approximate surface area is 130 Å². The number of fused-ring (bicyclic) bond motifs is 1. The summed E-state index contributed by atoms with van der Waals surface area (Å²) in [4.78, 5) is 12.0. The highest BCUT2D eigenvalue weighted by Crippen LogP contribution is 2.29. The van der Waals surface area contributed by atoms with Crippen LogP contribution in [0.4, 0.5) is 4.79 Å². The van der Waals surface area contributed by atoms with Gasteiger partial charge in [0.05, 0.1) is 12.1 Å². The van der Waals surface area contributed by atoms with E-state index in [1.807, 2.05) is 38.1 Å². The molecular formula is C17H22N2O3. The van der Waals surface area contributed by atoms with E-state index in [0.29, 0.717) is 0 Å². The molecule has 0 radical (unpaired) electrons. The van der Waals surface area contributed by atoms with Crippen LogP contribution in [0.3, 0.4) is 0 Å². The number of furan rings is 1. The molecule has 1 heterocycles. The fraction of sp³-hybridized carbons (Fsp3) is 0.471. The van der Waals surface area contributed by atoms with Gasteiger partial charge in [0, 0.05) is 24.1 Å². The lowest BCUT2D eigenvalue weighted by molar-refractivity contribution is 0.0205. The largest absolute Gasteiger partial charge is 0.459 e. The summed E-state index contributed by atoms with van der Waals surface area (Å²) in [6.45, 7) is 3.95. The Bertz CT molecular complexity index is 674. The zero-order chi connectivity index (χ0) is 15.7. The van der Waals surface area contributed by atoms with Crippen LogP contribution >= 0.6 is 0 Å². The second-order valence-corrected chi connectivity index (χ2v) is 5.95. The van der Waals surface area contributed by atoms with Crippen molar-refractivity contribution in [1.29, 1.82) is 0 Å². The highest BCUT2D eigenvalue weighted by molar-refractivity contribution is 5.82. The van der Waals surface area contributed by atoms with E-state index in [4.69, 9.17) is 9.15 Å². The molecular weight excluding hydrogens is 280 g/mol. The Balaban J connectivity index is 1.62. The molecule has 1 saturated carbocycles. The van der Waals surface area contributed by atoms with Crippen LogP contribution < -0.4 is 10.6 Å². The summed E-state index contributed by atoms with van der Waals surface area (Å²) in [5, 5.41) is 7.00. The summed E-state index contributed by atoms with van der Waals surface area (Å²) in [6.07, 6.45) is 2.03. The Morgan fingerprint density at radius 3 is 2.77 bits per heavy atom. The smallest absolute Gasteiger partial charge is 0.315 e. The lowest BCUT2D eigenvalue weighted by Crippen LogP contribution is -2.51. The van der Waals surface area contributed by atoms with Crippen molar-refractivity contribution >= 4 is 17.0 Å². The van der Waals surface area contributed by atoms with Gasteiger partial charge in [0.25, 0.3) is 0 Å². The normalized spacial score (nSPS) is 22.1. The van der Waals surface area contributed by atoms with Crippen LogP contribution in [0, 0.1) is 6.92 Å². The van der Waals surface area contributed by atoms with Gasteiger partial charge in [-0.25, -0.2) is 4.79 Å². The number of para-hydroxylation sites is 1. The minimum Gasteiger partial charge on any atom is -0.459 e. The first-order valence-electron chi connectivity index (χ1n) is 7.66. The Morgan fingerprint density at radius 1 is 1.36 bits per heavy atom. The number of hydrogen-bond acceptors (Lipinski definition) is 3. The average molecular weight is 302 g/mol. The standard InChI is InChI=1S/C17H22N2O3/c1-10-14-6-4-5-7-15(14)22-16(10)11(2)18-17(20)19-12-8-13(9-12)21-3/h4-7,11-13H,8-9H2,1-3H3,(H2,18,19,20)/t11-,12?,13?/m1/s1. The molecule has 5 heteroatoms. The van der Waals surface area contributed by atoms with Crippen LogP contribution in [-0.4, -0.2) is 25.3 Å². The van der Waals surface area contributed by atoms with Gasteiger partial charge in [0.15, 0.2) is 0 Å². The molecule has 1 aromatic heterocycles. The Kier molecular flexibility index (Phi) is 4.07. The second-order valence-electron chi connectivity index (χ2n) is 5.95. The minimum absolute atomic E-state index is 0.160. The maximum absolute atomic E-state index is 12.0. The van der Waals surface area contributed by atoms with Gasteiger partial charge in [0.1, 0.15) is 11.3 Å². The van der Waals surface area contributed by atoms with Crippen molar-refractivity contribution in [3.63, 3.8) is 0 Å². The number of aryl methyl sites for hydroxylation is 1. The molecule has 0 spiro atoms. The molecule has 22 heavy (non-hydrogen) atoms. The number of carbonyl (C=O) groups is 1. The van der Waals surface area contributed by atoms with Crippen LogP contribution in [-0.2, 0) is 4.74 Å². The van der Waals surface area contributed by atoms with E-state index >= 15 is 0 Å². The molecule has 0 unspecified atom stereocenters. The molecule has 0 aliphatic heterocycles. The number of benzene rings is 1. The molecule has 1 aliphatic rings. The number of methoxy groups -OCH3 is 1. The number of hydrogen-bond donors (Lipinski definition) is 2. The number of carbonyl (C=O) groups excluding carboxylic acids is 1. The first-order chi connectivity index (χ1) is 10.6. The number of urea groups is 1. The molecule has 0 saturated heterocycles. The van der Waals surface area contributed by atoms with Crippen LogP contribution in [0.2, 0.25) is 0 Å². The van der Waals surface area contributed by atoms with Gasteiger partial charge in [-0.05, 0) is 32.8 Å². The summed E-state index contributed by atoms with van der Waals surface area (Å²) in [7, 11) is 1.70. The van der Waals surface area contributed by atoms with E-state index in [1.54, 1.807) is 7.11 Å². The lowest BCUT2D eigenvalue weighted by atomic mass is 9.89. The maximum Gasteiger partial charge on any atom is 0.315 e. The van der Waals surface area contributed by atoms with Crippen LogP contribution in [0.25, 0.3) is 11.0 Å². The van der Waals surface area contributed by atoms with E-state index in [9.17, 15) is 4.79 Å². The Morgan fingerprint density at radius 2 is 2.09 bits per heavy atom. The maximum atomic E-state index is 12.0. The molecule has 1 aliphatic carbocycles. The van der Waals surface area contributed by atoms with E-state index in [-0.39, 0.29) is 24.2 Å². The summed E-state index contributed by atoms with van der Waals surface area (Å²) in [5.41, 5.74) is 1.93. The summed E-state index contributed by atoms with van der Waals surface area (Å²) in [5.74, 6) is 0.805. The Hall–Kier alpha value is -2.01. The van der Waals surface area contributed by atoms with Crippen molar-refractivity contribution in [1.82, 2.24) is 10.6 Å². The fourth-order valence-electron chi connectivity index (χ4n) is 2.97. The van der Waals surface area contributed by atoms with Gasteiger partial charge >= 0.3 is 6.03 Å². The molecule has 3 rings (SSSR count). The van der Waals surface area contributed by atoms with Crippen molar-refractivity contribution < 1.29 is 13.9 Å². The van der Waals surface area contributed by atoms with Crippen molar-refractivity contribution in [3.05, 3.63) is 35.6 Å². The molecule has 5 nitrogen and oxygen atoms in total. The molecule has 2 amide bonds. The van der Waals surface area contributed by atoms with E-state index in [1.165, 1.54) is 0 Å². The third-order valence-electron chi connectivity index (χ3n) is 4.38. The topological polar surface area (TPSA) is 63.5 Å². The number of rotatable bonds is 4. The number of ether oxygens (including phenoxy) is 1. The molecule has 1 atom stereocenters. The molecule has 1 fully saturated rings. The predicted octanol–water partition coefficient (Wildman–Crippen LogP) is 3.28. The fourth-order valence-corrected chi connectivity index (χ4v) is 2.97. The first-order valence-corrected chi connectivity index (χ1v) is 7.66. The SMILES string of the molecule is COC1CC(NC(=O)N[C@H](C)c2oc3ccccc3c2C)C1. The van der Waals surface area contributed by atoms with Crippen LogP contribution in [0.15, 0.2) is 28.7 Å². The average Bonchev–Trinajstić information content (AvgIpc) is 2.80. The first kappa shape index (κ1) is 14.9. The zero-order valence-electron chi connectivity index (χ0n) is 13.2. The quantitative estimate of drug-likeness (QED) is 0.911. The molecule has 2 aromatic rings. The van der Waals surface area contributed by atoms with Crippen molar-refractivity contribution in [2.45, 2.75) is 44.9 Å². The summed E-state index contributed by atoms with van der Waals surface area (Å²) >= 11 is 0. The molecule has 1 aromatic carbocycles. The van der Waals surface area contributed by atoms with Gasteiger partial charge < -0.3 is 19.8 Å². The molecule has 2 N–H and O–H groups in total. The van der Waals surface area contributed by atoms with Gasteiger partial charge in [-0.15, -0.1) is 0 Å². The van der Waals surface area contributed by atoms with E-state index < -0.39 is 0 Å². The number of nitrogens with one attached hydrogen (secondary N) is 2. The highest BCUT2D eigenvalue weighted by atomic mass is 16.5. The monoisotopic (exact) mass is 302 g/mol. The summed E-state index contributed by atoms with van der Waals surface area (Å²) < 4.78 is 11.1. The minimum atomic E-state index is -0.175. The predicted molar refractivity (Wildman–Crippen MR) is 84.9 cm³/mol. The van der Waals surface area contributed by atoms with Gasteiger partial charge in [-0.1, -0.05) is 18.2 Å². The van der Waals surface area contributed by atoms with Gasteiger partial charge in [-0.3, -0.25) is 0 Å². The number of amides is 2. The van der Waals surface area contributed by atoms with Crippen molar-refractivity contribution in [2.75, 3.05) is 7.11 Å². The van der Waals surface area contributed by atoms with E-state index in [0.717, 1.165) is 35.1 Å². The second kappa shape index (κ2) is 6.01. The highest BCUT2D eigenvalue weighted by Gasteiger charge is 2.30. The van der Waals surface area contributed by atoms with E-state index in [2.05, 4.69) is 10.6 Å². The van der Waals surface area contributed by atoms with Crippen LogP contribution in [0.1, 0.15) is 37.1 Å². The van der Waals surface area contributed by atoms with Crippen molar-refractivity contribution in [3.8, 4) is 0 Å². The third kappa shape index (κ3) is 2.81. The van der Waals surface area contributed by atoms with Crippen molar-refractivity contribution in [2.24, 2.45) is 0 Å². The molecule has 0 bridgehead atoms. The van der Waals surface area contributed by atoms with Gasteiger partial charge in [0.2, 0.25) is 0 Å². The lowest BCUT2D eigenvalue weighted by Gasteiger charge is -2.34. The van der Waals surface area contributed by atoms with Crippen LogP contribution in [0.5, 0.6) is 0 Å². The zero-order valence-corrected chi connectivity index (χ0v) is 13.2.